The SMILES string of the molecule is CC(=O)[C@]12C[C@H](O)[C@H]3[C@@H](CC=C4CC5(CC[C@@H]43)OCCO5)[C@@H]1CCC21OCCO1. The van der Waals surface area contributed by atoms with Crippen LogP contribution in [0.15, 0.2) is 11.6 Å². The van der Waals surface area contributed by atoms with Gasteiger partial charge in [-0.1, -0.05) is 11.6 Å². The Kier molecular flexibility index (Phi) is 4.15. The molecule has 2 spiro atoms. The summed E-state index contributed by atoms with van der Waals surface area (Å²) in [6.45, 7) is 4.12. The molecule has 6 aliphatic rings. The van der Waals surface area contributed by atoms with Gasteiger partial charge in [0.25, 0.3) is 0 Å². The highest BCUT2D eigenvalue weighted by molar-refractivity contribution is 5.85. The second-order valence-electron chi connectivity index (χ2n) is 10.1. The molecule has 0 aromatic carbocycles. The Hall–Kier alpha value is -0.790. The Morgan fingerprint density at radius 3 is 2.52 bits per heavy atom. The molecule has 2 heterocycles. The topological polar surface area (TPSA) is 74.2 Å². The number of rotatable bonds is 1. The fourth-order valence-electron chi connectivity index (χ4n) is 8.21. The minimum Gasteiger partial charge on any atom is -0.393 e. The molecular formula is C23H32O6. The Morgan fingerprint density at radius 1 is 1.07 bits per heavy atom. The summed E-state index contributed by atoms with van der Waals surface area (Å²) in [7, 11) is 0. The van der Waals surface area contributed by atoms with Gasteiger partial charge in [-0.25, -0.2) is 0 Å². The van der Waals surface area contributed by atoms with Gasteiger partial charge in [0.1, 0.15) is 5.78 Å². The van der Waals surface area contributed by atoms with Crippen LogP contribution < -0.4 is 0 Å². The minimum atomic E-state index is -0.818. The van der Waals surface area contributed by atoms with Crippen molar-refractivity contribution in [3.8, 4) is 0 Å². The van der Waals surface area contributed by atoms with Crippen LogP contribution in [0.4, 0.5) is 0 Å². The van der Waals surface area contributed by atoms with Crippen molar-refractivity contribution >= 4 is 5.78 Å². The van der Waals surface area contributed by atoms with Crippen molar-refractivity contribution in [1.82, 2.24) is 0 Å². The highest BCUT2D eigenvalue weighted by Gasteiger charge is 2.71. The Morgan fingerprint density at radius 2 is 1.79 bits per heavy atom. The lowest BCUT2D eigenvalue weighted by molar-refractivity contribution is -0.251. The van der Waals surface area contributed by atoms with Gasteiger partial charge < -0.3 is 24.1 Å². The zero-order chi connectivity index (χ0) is 19.9. The molecule has 5 fully saturated rings. The molecule has 0 aromatic heterocycles. The number of ketones is 1. The first-order chi connectivity index (χ1) is 14.0. The van der Waals surface area contributed by atoms with Crippen molar-refractivity contribution in [2.24, 2.45) is 29.1 Å². The average Bonchev–Trinajstić information content (AvgIpc) is 3.43. The fraction of sp³-hybridized carbons (Fsp3) is 0.870. The zero-order valence-corrected chi connectivity index (χ0v) is 17.2. The molecule has 0 bridgehead atoms. The van der Waals surface area contributed by atoms with Crippen LogP contribution in [0.1, 0.15) is 51.9 Å². The molecule has 0 radical (unpaired) electrons. The molecule has 2 aliphatic heterocycles. The predicted octanol–water partition coefficient (Wildman–Crippen LogP) is 2.59. The quantitative estimate of drug-likeness (QED) is 0.677. The average molecular weight is 405 g/mol. The molecule has 1 N–H and O–H groups in total. The lowest BCUT2D eigenvalue weighted by Crippen LogP contribution is -2.62. The van der Waals surface area contributed by atoms with E-state index in [9.17, 15) is 9.90 Å². The molecule has 3 saturated carbocycles. The van der Waals surface area contributed by atoms with E-state index in [-0.39, 0.29) is 17.6 Å². The minimum absolute atomic E-state index is 0.129. The maximum atomic E-state index is 13.1. The van der Waals surface area contributed by atoms with Gasteiger partial charge >= 0.3 is 0 Å². The second-order valence-corrected chi connectivity index (χ2v) is 10.1. The molecule has 4 aliphatic carbocycles. The van der Waals surface area contributed by atoms with Gasteiger partial charge in [-0.05, 0) is 56.3 Å². The Balaban J connectivity index is 1.35. The summed E-state index contributed by atoms with van der Waals surface area (Å²) in [5.41, 5.74) is 0.693. The van der Waals surface area contributed by atoms with Crippen LogP contribution in [0.3, 0.4) is 0 Å². The standard InChI is InChI=1S/C23H32O6/c1-14(24)22-13-19(25)20-16-4-6-21(26-8-9-27-21)12-15(16)2-3-17(20)18(22)5-7-23(22)28-10-11-29-23/h2,16-20,25H,3-13H2,1H3/t16-,17-,18-,19-,20+,22+/m0/s1. The van der Waals surface area contributed by atoms with Crippen LogP contribution in [0.25, 0.3) is 0 Å². The van der Waals surface area contributed by atoms with E-state index in [1.807, 2.05) is 0 Å². The lowest BCUT2D eigenvalue weighted by Gasteiger charge is -2.57. The summed E-state index contributed by atoms with van der Waals surface area (Å²) in [5.74, 6) is -0.00809. The third-order valence-corrected chi connectivity index (χ3v) is 9.18. The highest BCUT2D eigenvalue weighted by atomic mass is 16.7. The normalized spacial score (nSPS) is 47.0. The van der Waals surface area contributed by atoms with E-state index >= 15 is 0 Å². The predicted molar refractivity (Wildman–Crippen MR) is 103 cm³/mol. The van der Waals surface area contributed by atoms with Gasteiger partial charge in [-0.3, -0.25) is 4.79 Å². The highest BCUT2D eigenvalue weighted by Crippen LogP contribution is 2.67. The molecule has 0 unspecified atom stereocenters. The number of Topliss-reactive ketones (excluding diaryl/α,β-unsaturated/α-hetero) is 1. The number of hydrogen-bond donors (Lipinski definition) is 1. The monoisotopic (exact) mass is 404 g/mol. The first-order valence-corrected chi connectivity index (χ1v) is 11.4. The Labute approximate surface area is 171 Å². The molecule has 0 amide bonds. The largest absolute Gasteiger partial charge is 0.393 e. The summed E-state index contributed by atoms with van der Waals surface area (Å²) in [6.07, 6.45) is 7.67. The van der Waals surface area contributed by atoms with E-state index in [1.54, 1.807) is 6.92 Å². The maximum absolute atomic E-state index is 13.1. The van der Waals surface area contributed by atoms with E-state index in [1.165, 1.54) is 5.57 Å². The first kappa shape index (κ1) is 18.9. The van der Waals surface area contributed by atoms with Crippen molar-refractivity contribution in [2.75, 3.05) is 26.4 Å². The van der Waals surface area contributed by atoms with Gasteiger partial charge in [-0.2, -0.15) is 0 Å². The van der Waals surface area contributed by atoms with E-state index in [2.05, 4.69) is 6.08 Å². The van der Waals surface area contributed by atoms with Gasteiger partial charge in [0.05, 0.1) is 37.9 Å². The summed E-state index contributed by atoms with van der Waals surface area (Å²) in [6, 6.07) is 0. The molecule has 2 saturated heterocycles. The summed E-state index contributed by atoms with van der Waals surface area (Å²) in [4.78, 5) is 13.1. The van der Waals surface area contributed by atoms with Crippen LogP contribution >= 0.6 is 0 Å². The van der Waals surface area contributed by atoms with E-state index in [4.69, 9.17) is 18.9 Å². The number of carbonyl (C=O) groups is 1. The molecule has 160 valence electrons. The number of aliphatic hydroxyl groups is 1. The number of carbonyl (C=O) groups excluding carboxylic acids is 1. The Bertz CT molecular complexity index is 734. The number of hydrogen-bond acceptors (Lipinski definition) is 6. The molecule has 6 heteroatoms. The van der Waals surface area contributed by atoms with Gasteiger partial charge in [0.15, 0.2) is 11.6 Å². The van der Waals surface area contributed by atoms with Crippen LogP contribution in [-0.2, 0) is 23.7 Å². The van der Waals surface area contributed by atoms with Gasteiger partial charge in [-0.15, -0.1) is 0 Å². The van der Waals surface area contributed by atoms with Crippen molar-refractivity contribution in [3.63, 3.8) is 0 Å². The van der Waals surface area contributed by atoms with Crippen molar-refractivity contribution in [1.29, 1.82) is 0 Å². The number of aliphatic hydroxyl groups excluding tert-OH is 1. The molecule has 6 nitrogen and oxygen atoms in total. The molecule has 0 aromatic rings. The van der Waals surface area contributed by atoms with Crippen molar-refractivity contribution in [3.05, 3.63) is 11.6 Å². The third kappa shape index (κ3) is 2.38. The lowest BCUT2D eigenvalue weighted by atomic mass is 9.49. The molecule has 6 rings (SSSR count). The van der Waals surface area contributed by atoms with Crippen LogP contribution in [-0.4, -0.2) is 55.0 Å². The number of ether oxygens (including phenoxy) is 4. The van der Waals surface area contributed by atoms with Crippen molar-refractivity contribution < 1.29 is 28.8 Å². The van der Waals surface area contributed by atoms with Crippen LogP contribution in [0.2, 0.25) is 0 Å². The fourth-order valence-corrected chi connectivity index (χ4v) is 8.21. The maximum Gasteiger partial charge on any atom is 0.181 e. The van der Waals surface area contributed by atoms with Crippen molar-refractivity contribution in [2.45, 2.75) is 69.5 Å². The van der Waals surface area contributed by atoms with Crippen LogP contribution in [0.5, 0.6) is 0 Å². The van der Waals surface area contributed by atoms with Crippen LogP contribution in [0, 0.1) is 29.1 Å². The van der Waals surface area contributed by atoms with Gasteiger partial charge in [0.2, 0.25) is 0 Å². The molecule has 29 heavy (non-hydrogen) atoms. The van der Waals surface area contributed by atoms with E-state index < -0.39 is 23.1 Å². The first-order valence-electron chi connectivity index (χ1n) is 11.4. The smallest absolute Gasteiger partial charge is 0.181 e. The number of fused-ring (bicyclic) bond motifs is 6. The second kappa shape index (κ2) is 6.36. The van der Waals surface area contributed by atoms with E-state index in [0.29, 0.717) is 44.7 Å². The zero-order valence-electron chi connectivity index (χ0n) is 17.2. The number of allylic oxidation sites excluding steroid dienone is 1. The molecular weight excluding hydrogens is 372 g/mol. The summed E-state index contributed by atoms with van der Waals surface area (Å²) >= 11 is 0. The van der Waals surface area contributed by atoms with E-state index in [0.717, 1.165) is 38.5 Å². The third-order valence-electron chi connectivity index (χ3n) is 9.18. The summed E-state index contributed by atoms with van der Waals surface area (Å²) < 4.78 is 24.2. The van der Waals surface area contributed by atoms with Gasteiger partial charge in [0, 0.05) is 19.3 Å². The molecule has 6 atom stereocenters. The summed E-state index contributed by atoms with van der Waals surface area (Å²) in [5, 5.41) is 11.5.